The number of carbonyl (C=O) groups is 4. The molecule has 6 rings (SSSR count). The predicted molar refractivity (Wildman–Crippen MR) is 155 cm³/mol. The van der Waals surface area contributed by atoms with Crippen LogP contribution in [0.15, 0.2) is 66.7 Å². The van der Waals surface area contributed by atoms with Gasteiger partial charge in [-0.15, -0.1) is 0 Å². The Kier molecular flexibility index (Phi) is 7.60. The van der Waals surface area contributed by atoms with E-state index in [0.717, 1.165) is 37.2 Å². The molecule has 3 aliphatic heterocycles. The second kappa shape index (κ2) is 11.5. The normalized spacial score (nSPS) is 19.6. The standard InChI is InChI=1S/C32H31ClN4O4/c33-25-9-6-21(7-10-25)26-5-2-1-4-23(26)19-35-14-3-15-36(17-16-35)31(40)22-8-11-27-24(18-22)20-37(32(27)41)28-12-13-29(38)34-30(28)39/h1-2,4-11,18,28H,3,12-17,19-20H2,(H,34,38,39). The van der Waals surface area contributed by atoms with E-state index in [9.17, 15) is 19.2 Å². The van der Waals surface area contributed by atoms with Crippen molar-refractivity contribution in [2.45, 2.75) is 38.4 Å². The summed E-state index contributed by atoms with van der Waals surface area (Å²) in [6.07, 6.45) is 1.38. The second-order valence-corrected chi connectivity index (χ2v) is 11.3. The first-order valence-electron chi connectivity index (χ1n) is 14.0. The van der Waals surface area contributed by atoms with E-state index in [1.807, 2.05) is 35.2 Å². The summed E-state index contributed by atoms with van der Waals surface area (Å²) in [5, 5.41) is 3.04. The molecule has 3 heterocycles. The molecule has 0 aromatic heterocycles. The molecule has 3 aromatic carbocycles. The van der Waals surface area contributed by atoms with E-state index in [1.54, 1.807) is 18.2 Å². The van der Waals surface area contributed by atoms with Gasteiger partial charge in [0.05, 0.1) is 0 Å². The first kappa shape index (κ1) is 27.2. The number of hydrogen-bond acceptors (Lipinski definition) is 5. The van der Waals surface area contributed by atoms with E-state index in [0.29, 0.717) is 35.7 Å². The molecule has 41 heavy (non-hydrogen) atoms. The summed E-state index contributed by atoms with van der Waals surface area (Å²) < 4.78 is 0. The molecule has 2 saturated heterocycles. The minimum Gasteiger partial charge on any atom is -0.337 e. The molecule has 0 spiro atoms. The van der Waals surface area contributed by atoms with Gasteiger partial charge in [0, 0.05) is 61.8 Å². The molecule has 1 unspecified atom stereocenters. The third kappa shape index (κ3) is 5.62. The first-order chi connectivity index (χ1) is 19.9. The summed E-state index contributed by atoms with van der Waals surface area (Å²) in [6, 6.07) is 20.8. The van der Waals surface area contributed by atoms with Crippen LogP contribution < -0.4 is 5.32 Å². The maximum atomic E-state index is 13.5. The van der Waals surface area contributed by atoms with E-state index < -0.39 is 11.9 Å². The van der Waals surface area contributed by atoms with Crippen LogP contribution in [0.2, 0.25) is 5.02 Å². The molecule has 0 aliphatic carbocycles. The van der Waals surface area contributed by atoms with Crippen LogP contribution in [0.3, 0.4) is 0 Å². The highest BCUT2D eigenvalue weighted by molar-refractivity contribution is 6.30. The molecule has 210 valence electrons. The van der Waals surface area contributed by atoms with Crippen LogP contribution in [0.4, 0.5) is 0 Å². The van der Waals surface area contributed by atoms with Crippen molar-refractivity contribution in [2.75, 3.05) is 26.2 Å². The molecule has 0 bridgehead atoms. The average Bonchev–Trinajstić information content (AvgIpc) is 3.13. The van der Waals surface area contributed by atoms with E-state index in [-0.39, 0.29) is 30.7 Å². The number of rotatable bonds is 5. The number of carbonyl (C=O) groups excluding carboxylic acids is 4. The fraction of sp³-hybridized carbons (Fsp3) is 0.312. The lowest BCUT2D eigenvalue weighted by Gasteiger charge is -2.29. The Labute approximate surface area is 243 Å². The molecule has 4 amide bonds. The maximum Gasteiger partial charge on any atom is 0.255 e. The molecule has 1 N–H and O–H groups in total. The van der Waals surface area contributed by atoms with E-state index >= 15 is 0 Å². The van der Waals surface area contributed by atoms with Crippen LogP contribution in [-0.4, -0.2) is 70.5 Å². The molecule has 3 aromatic rings. The Bertz CT molecular complexity index is 1520. The Morgan fingerprint density at radius 2 is 1.71 bits per heavy atom. The van der Waals surface area contributed by atoms with Crippen molar-refractivity contribution in [1.29, 1.82) is 0 Å². The molecule has 9 heteroatoms. The van der Waals surface area contributed by atoms with Crippen molar-refractivity contribution in [3.8, 4) is 11.1 Å². The summed E-state index contributed by atoms with van der Waals surface area (Å²) in [5.74, 6) is -1.05. The smallest absolute Gasteiger partial charge is 0.255 e. The zero-order valence-corrected chi connectivity index (χ0v) is 23.4. The number of piperidine rings is 1. The quantitative estimate of drug-likeness (QED) is 0.466. The van der Waals surface area contributed by atoms with Gasteiger partial charge in [0.1, 0.15) is 6.04 Å². The number of nitrogens with one attached hydrogen (secondary N) is 1. The third-order valence-electron chi connectivity index (χ3n) is 8.21. The monoisotopic (exact) mass is 570 g/mol. The van der Waals surface area contributed by atoms with Gasteiger partial charge >= 0.3 is 0 Å². The van der Waals surface area contributed by atoms with Gasteiger partial charge in [0.15, 0.2) is 0 Å². The highest BCUT2D eigenvalue weighted by atomic mass is 35.5. The molecule has 0 saturated carbocycles. The highest BCUT2D eigenvalue weighted by Crippen LogP contribution is 2.29. The summed E-state index contributed by atoms with van der Waals surface area (Å²) >= 11 is 6.10. The third-order valence-corrected chi connectivity index (χ3v) is 8.46. The number of benzene rings is 3. The zero-order valence-electron chi connectivity index (χ0n) is 22.6. The van der Waals surface area contributed by atoms with E-state index in [1.165, 1.54) is 16.0 Å². The Morgan fingerprint density at radius 3 is 2.51 bits per heavy atom. The molecular weight excluding hydrogens is 540 g/mol. The van der Waals surface area contributed by atoms with Gasteiger partial charge < -0.3 is 9.80 Å². The zero-order chi connectivity index (χ0) is 28.5. The molecular formula is C32H31ClN4O4. The predicted octanol–water partition coefficient (Wildman–Crippen LogP) is 4.12. The lowest BCUT2D eigenvalue weighted by molar-refractivity contribution is -0.136. The van der Waals surface area contributed by atoms with Crippen molar-refractivity contribution in [3.05, 3.63) is 94.0 Å². The molecule has 2 fully saturated rings. The number of amides is 4. The fourth-order valence-electron chi connectivity index (χ4n) is 6.03. The Hall–Kier alpha value is -4.01. The molecule has 3 aliphatic rings. The lowest BCUT2D eigenvalue weighted by atomic mass is 9.99. The molecule has 1 atom stereocenters. The van der Waals surface area contributed by atoms with Crippen LogP contribution >= 0.6 is 11.6 Å². The summed E-state index contributed by atoms with van der Waals surface area (Å²) in [4.78, 5) is 56.2. The first-order valence-corrected chi connectivity index (χ1v) is 14.4. The molecule has 8 nitrogen and oxygen atoms in total. The number of nitrogens with zero attached hydrogens (tertiary/aromatic N) is 3. The van der Waals surface area contributed by atoms with Crippen LogP contribution in [0.5, 0.6) is 0 Å². The largest absolute Gasteiger partial charge is 0.337 e. The Morgan fingerprint density at radius 1 is 0.902 bits per heavy atom. The van der Waals surface area contributed by atoms with Crippen LogP contribution in [0.1, 0.15) is 51.1 Å². The summed E-state index contributed by atoms with van der Waals surface area (Å²) in [5.41, 5.74) is 5.33. The lowest BCUT2D eigenvalue weighted by Crippen LogP contribution is -2.52. The van der Waals surface area contributed by atoms with Crippen LogP contribution in [-0.2, 0) is 22.7 Å². The van der Waals surface area contributed by atoms with Gasteiger partial charge in [-0.3, -0.25) is 29.4 Å². The van der Waals surface area contributed by atoms with Gasteiger partial charge in [-0.25, -0.2) is 0 Å². The average molecular weight is 571 g/mol. The highest BCUT2D eigenvalue weighted by Gasteiger charge is 2.39. The SMILES string of the molecule is O=C1CCC(N2Cc3cc(C(=O)N4CCCN(Cc5ccccc5-c5ccc(Cl)cc5)CC4)ccc3C2=O)C(=O)N1. The second-order valence-electron chi connectivity index (χ2n) is 10.9. The number of imide groups is 1. The minimum atomic E-state index is -0.673. The fourth-order valence-corrected chi connectivity index (χ4v) is 6.16. The van der Waals surface area contributed by atoms with Gasteiger partial charge in [-0.05, 0) is 65.4 Å². The molecule has 0 radical (unpaired) electrons. The summed E-state index contributed by atoms with van der Waals surface area (Å²) in [6.45, 7) is 3.96. The van der Waals surface area contributed by atoms with Crippen molar-refractivity contribution in [2.24, 2.45) is 0 Å². The van der Waals surface area contributed by atoms with Gasteiger partial charge in [-0.2, -0.15) is 0 Å². The number of halogens is 1. The van der Waals surface area contributed by atoms with E-state index in [2.05, 4.69) is 28.4 Å². The van der Waals surface area contributed by atoms with Gasteiger partial charge in [-0.1, -0.05) is 48.0 Å². The van der Waals surface area contributed by atoms with Crippen LogP contribution in [0.25, 0.3) is 11.1 Å². The van der Waals surface area contributed by atoms with Crippen molar-refractivity contribution < 1.29 is 19.2 Å². The number of hydrogen-bond donors (Lipinski definition) is 1. The van der Waals surface area contributed by atoms with Crippen LogP contribution in [0, 0.1) is 0 Å². The topological polar surface area (TPSA) is 90.0 Å². The summed E-state index contributed by atoms with van der Waals surface area (Å²) in [7, 11) is 0. The van der Waals surface area contributed by atoms with Gasteiger partial charge in [0.25, 0.3) is 11.8 Å². The maximum absolute atomic E-state index is 13.5. The van der Waals surface area contributed by atoms with E-state index in [4.69, 9.17) is 11.6 Å². The number of fused-ring (bicyclic) bond motifs is 1. The van der Waals surface area contributed by atoms with Crippen molar-refractivity contribution >= 4 is 35.2 Å². The van der Waals surface area contributed by atoms with Gasteiger partial charge in [0.2, 0.25) is 11.8 Å². The van der Waals surface area contributed by atoms with Crippen molar-refractivity contribution in [3.63, 3.8) is 0 Å². The minimum absolute atomic E-state index is 0.0527. The van der Waals surface area contributed by atoms with Crippen molar-refractivity contribution in [1.82, 2.24) is 20.0 Å². The Balaban J connectivity index is 1.11.